The molecule has 0 saturated heterocycles. The van der Waals surface area contributed by atoms with Crippen LogP contribution < -0.4 is 10.6 Å². The minimum absolute atomic E-state index is 0.278. The molecule has 0 fully saturated rings. The van der Waals surface area contributed by atoms with Crippen molar-refractivity contribution < 1.29 is 9.18 Å². The van der Waals surface area contributed by atoms with E-state index >= 15 is 0 Å². The molecule has 7 nitrogen and oxygen atoms in total. The van der Waals surface area contributed by atoms with Crippen LogP contribution in [-0.2, 0) is 4.79 Å². The van der Waals surface area contributed by atoms with Gasteiger partial charge in [0, 0.05) is 11.4 Å². The van der Waals surface area contributed by atoms with E-state index in [0.717, 1.165) is 5.56 Å². The van der Waals surface area contributed by atoms with E-state index in [9.17, 15) is 9.18 Å². The van der Waals surface area contributed by atoms with Gasteiger partial charge in [0.15, 0.2) is 0 Å². The number of halogens is 1. The van der Waals surface area contributed by atoms with Gasteiger partial charge in [0.25, 0.3) is 5.91 Å². The van der Waals surface area contributed by atoms with E-state index in [4.69, 9.17) is 0 Å². The first-order valence-electron chi connectivity index (χ1n) is 8.42. The lowest BCUT2D eigenvalue weighted by atomic mass is 9.95. The number of fused-ring (bicyclic) bond motifs is 1. The third-order valence-corrected chi connectivity index (χ3v) is 4.45. The first-order valence-corrected chi connectivity index (χ1v) is 8.42. The number of hydrogen-bond donors (Lipinski definition) is 2. The summed E-state index contributed by atoms with van der Waals surface area (Å²) in [6, 6.07) is 12.9. The number of allylic oxidation sites excluding steroid dienone is 1. The second-order valence-corrected chi connectivity index (χ2v) is 6.38. The van der Waals surface area contributed by atoms with E-state index in [1.165, 1.54) is 16.8 Å². The SMILES string of the molecule is CC1=C(C(=O)Nc2ccc(C)cc2)C(c2ccc(F)cc2)n2nnnc2N1. The van der Waals surface area contributed by atoms with Crippen LogP contribution in [0.3, 0.4) is 0 Å². The van der Waals surface area contributed by atoms with Crippen molar-refractivity contribution in [2.24, 2.45) is 0 Å². The second-order valence-electron chi connectivity index (χ2n) is 6.38. The number of nitrogens with one attached hydrogen (secondary N) is 2. The molecule has 0 bridgehead atoms. The normalized spacial score (nSPS) is 15.9. The lowest BCUT2D eigenvalue weighted by Crippen LogP contribution is -2.31. The Balaban J connectivity index is 1.74. The molecule has 0 saturated carbocycles. The Morgan fingerprint density at radius 3 is 2.52 bits per heavy atom. The molecule has 1 atom stereocenters. The van der Waals surface area contributed by atoms with Crippen LogP contribution in [-0.4, -0.2) is 26.1 Å². The summed E-state index contributed by atoms with van der Waals surface area (Å²) in [6.45, 7) is 3.77. The number of carbonyl (C=O) groups is 1. The van der Waals surface area contributed by atoms with E-state index in [2.05, 4.69) is 26.2 Å². The van der Waals surface area contributed by atoms with Crippen molar-refractivity contribution in [1.29, 1.82) is 0 Å². The minimum Gasteiger partial charge on any atom is -0.326 e. The van der Waals surface area contributed by atoms with Crippen LogP contribution in [0.25, 0.3) is 0 Å². The number of anilines is 2. The number of tetrazole rings is 1. The molecule has 4 rings (SSSR count). The standard InChI is InChI=1S/C19H17FN6O/c1-11-3-9-15(10-4-11)22-18(27)16-12(2)21-19-23-24-25-26(19)17(16)13-5-7-14(20)8-6-13/h3-10,17H,1-2H3,(H,22,27)(H,21,23,25). The zero-order chi connectivity index (χ0) is 19.0. The average Bonchev–Trinajstić information content (AvgIpc) is 3.11. The molecule has 1 aliphatic heterocycles. The van der Waals surface area contributed by atoms with Gasteiger partial charge in [0.05, 0.1) is 5.57 Å². The Morgan fingerprint density at radius 1 is 1.11 bits per heavy atom. The fraction of sp³-hybridized carbons (Fsp3) is 0.158. The molecule has 27 heavy (non-hydrogen) atoms. The molecule has 0 spiro atoms. The summed E-state index contributed by atoms with van der Waals surface area (Å²) in [6.07, 6.45) is 0. The van der Waals surface area contributed by atoms with Crippen LogP contribution in [0.2, 0.25) is 0 Å². The largest absolute Gasteiger partial charge is 0.326 e. The maximum absolute atomic E-state index is 13.4. The van der Waals surface area contributed by atoms with E-state index in [1.54, 1.807) is 19.1 Å². The molecule has 0 aliphatic carbocycles. The fourth-order valence-electron chi connectivity index (χ4n) is 3.09. The number of nitrogens with zero attached hydrogens (tertiary/aromatic N) is 4. The van der Waals surface area contributed by atoms with Gasteiger partial charge < -0.3 is 10.6 Å². The molecule has 3 aromatic rings. The molecular formula is C19H17FN6O. The number of carbonyl (C=O) groups excluding carboxylic acids is 1. The molecule has 1 amide bonds. The molecule has 1 aromatic heterocycles. The van der Waals surface area contributed by atoms with Crippen LogP contribution in [0, 0.1) is 12.7 Å². The molecule has 136 valence electrons. The van der Waals surface area contributed by atoms with Crippen molar-refractivity contribution in [2.75, 3.05) is 10.6 Å². The van der Waals surface area contributed by atoms with Crippen molar-refractivity contribution in [3.8, 4) is 0 Å². The quantitative estimate of drug-likeness (QED) is 0.746. The monoisotopic (exact) mass is 364 g/mol. The summed E-state index contributed by atoms with van der Waals surface area (Å²) in [7, 11) is 0. The van der Waals surface area contributed by atoms with E-state index in [1.807, 2.05) is 31.2 Å². The van der Waals surface area contributed by atoms with Gasteiger partial charge >= 0.3 is 0 Å². The Morgan fingerprint density at radius 2 is 1.81 bits per heavy atom. The van der Waals surface area contributed by atoms with Crippen molar-refractivity contribution in [2.45, 2.75) is 19.9 Å². The summed E-state index contributed by atoms with van der Waals surface area (Å²) in [5.41, 5.74) is 3.59. The summed E-state index contributed by atoms with van der Waals surface area (Å²) >= 11 is 0. The van der Waals surface area contributed by atoms with Gasteiger partial charge in [0.2, 0.25) is 5.95 Å². The third kappa shape index (κ3) is 3.17. The highest BCUT2D eigenvalue weighted by Crippen LogP contribution is 2.34. The van der Waals surface area contributed by atoms with Crippen LogP contribution >= 0.6 is 0 Å². The molecule has 8 heteroatoms. The van der Waals surface area contributed by atoms with E-state index < -0.39 is 6.04 Å². The molecule has 2 aromatic carbocycles. The Kier molecular flexibility index (Phi) is 4.15. The molecule has 0 radical (unpaired) electrons. The van der Waals surface area contributed by atoms with E-state index in [0.29, 0.717) is 28.5 Å². The summed E-state index contributed by atoms with van der Waals surface area (Å²) in [5.74, 6) is -0.205. The third-order valence-electron chi connectivity index (χ3n) is 4.45. The van der Waals surface area contributed by atoms with Gasteiger partial charge in [-0.05, 0) is 54.1 Å². The summed E-state index contributed by atoms with van der Waals surface area (Å²) < 4.78 is 14.9. The number of amides is 1. The lowest BCUT2D eigenvalue weighted by Gasteiger charge is -2.28. The first-order chi connectivity index (χ1) is 13.0. The average molecular weight is 364 g/mol. The highest BCUT2D eigenvalue weighted by molar-refractivity contribution is 6.06. The van der Waals surface area contributed by atoms with E-state index in [-0.39, 0.29) is 11.7 Å². The van der Waals surface area contributed by atoms with Crippen LogP contribution in [0.5, 0.6) is 0 Å². The Bertz CT molecular complexity index is 1020. The van der Waals surface area contributed by atoms with Crippen molar-refractivity contribution in [1.82, 2.24) is 20.2 Å². The van der Waals surface area contributed by atoms with Gasteiger partial charge in [-0.25, -0.2) is 4.39 Å². The van der Waals surface area contributed by atoms with Gasteiger partial charge in [-0.3, -0.25) is 4.79 Å². The van der Waals surface area contributed by atoms with Gasteiger partial charge in [-0.1, -0.05) is 34.9 Å². The summed E-state index contributed by atoms with van der Waals surface area (Å²) in [4.78, 5) is 13.1. The smallest absolute Gasteiger partial charge is 0.255 e. The molecular weight excluding hydrogens is 347 g/mol. The van der Waals surface area contributed by atoms with Crippen molar-refractivity contribution in [3.63, 3.8) is 0 Å². The minimum atomic E-state index is -0.567. The Labute approximate surface area is 154 Å². The molecule has 1 aliphatic rings. The number of benzene rings is 2. The second kappa shape index (κ2) is 6.64. The predicted octanol–water partition coefficient (Wildman–Crippen LogP) is 3.05. The van der Waals surface area contributed by atoms with Gasteiger partial charge in [-0.2, -0.15) is 4.68 Å². The fourth-order valence-corrected chi connectivity index (χ4v) is 3.09. The Hall–Kier alpha value is -3.55. The van der Waals surface area contributed by atoms with Gasteiger partial charge in [-0.15, -0.1) is 0 Å². The van der Waals surface area contributed by atoms with Crippen molar-refractivity contribution in [3.05, 3.63) is 76.7 Å². The molecule has 1 unspecified atom stereocenters. The zero-order valence-corrected chi connectivity index (χ0v) is 14.8. The van der Waals surface area contributed by atoms with Gasteiger partial charge in [0.1, 0.15) is 11.9 Å². The topological polar surface area (TPSA) is 84.7 Å². The van der Waals surface area contributed by atoms with Crippen LogP contribution in [0.4, 0.5) is 16.0 Å². The first kappa shape index (κ1) is 16.9. The van der Waals surface area contributed by atoms with Crippen LogP contribution in [0.1, 0.15) is 24.1 Å². The number of aromatic nitrogens is 4. The number of rotatable bonds is 3. The number of aryl methyl sites for hydroxylation is 1. The van der Waals surface area contributed by atoms with Crippen molar-refractivity contribution >= 4 is 17.5 Å². The maximum atomic E-state index is 13.4. The van der Waals surface area contributed by atoms with Crippen LogP contribution in [0.15, 0.2) is 59.8 Å². The predicted molar refractivity (Wildman–Crippen MR) is 98.5 cm³/mol. The highest BCUT2D eigenvalue weighted by atomic mass is 19.1. The lowest BCUT2D eigenvalue weighted by molar-refractivity contribution is -0.113. The summed E-state index contributed by atoms with van der Waals surface area (Å²) in [5, 5.41) is 17.6. The zero-order valence-electron chi connectivity index (χ0n) is 14.8. The number of hydrogen-bond acceptors (Lipinski definition) is 5. The molecule has 2 heterocycles. The molecule has 2 N–H and O–H groups in total. The maximum Gasteiger partial charge on any atom is 0.255 e. The highest BCUT2D eigenvalue weighted by Gasteiger charge is 2.34.